The Morgan fingerprint density at radius 3 is 1.88 bits per heavy atom. The van der Waals surface area contributed by atoms with Crippen molar-refractivity contribution < 1.29 is 33.6 Å². The summed E-state index contributed by atoms with van der Waals surface area (Å²) in [5.41, 5.74) is -2.02. The molecule has 4 aromatic rings. The highest BCUT2D eigenvalue weighted by Gasteiger charge is 2.59. The summed E-state index contributed by atoms with van der Waals surface area (Å²) >= 11 is 0. The van der Waals surface area contributed by atoms with Crippen LogP contribution in [0.4, 0.5) is 0 Å². The number of ether oxygens (including phenoxy) is 4. The van der Waals surface area contributed by atoms with E-state index < -0.39 is 55.8 Å². The Kier molecular flexibility index (Phi) is 10.6. The Morgan fingerprint density at radius 2 is 1.40 bits per heavy atom. The van der Waals surface area contributed by atoms with E-state index in [1.165, 1.54) is 13.1 Å². The van der Waals surface area contributed by atoms with Crippen molar-refractivity contribution in [1.82, 2.24) is 9.55 Å². The van der Waals surface area contributed by atoms with Crippen molar-refractivity contribution in [3.63, 3.8) is 0 Å². The van der Waals surface area contributed by atoms with E-state index in [0.29, 0.717) is 11.5 Å². The van der Waals surface area contributed by atoms with Crippen LogP contribution in [0.5, 0.6) is 11.5 Å². The molecule has 2 heterocycles. The van der Waals surface area contributed by atoms with Crippen LogP contribution in [0.25, 0.3) is 0 Å². The molecular formula is C38H48N2O9Si. The summed E-state index contributed by atoms with van der Waals surface area (Å²) in [5.74, 6) is 1.34. The number of aryl methyl sites for hydroxylation is 1. The standard InChI is InChI=1S/C38H48N2O9Si/c1-25-22-40(35(44)39-34(25)43)37(24-41)33(42)32(49-50(7,8)36(2,3)4)31(48-37)23-47-38(26-12-10-9-11-13-26,27-14-18-29(45-5)19-15-27)28-16-20-30(46-6)21-17-28/h9-22,31-33,41-42H,23-24H2,1-8H3,(H,39,43,44)/t31-,32?,33?,37-/m1/s1. The van der Waals surface area contributed by atoms with Gasteiger partial charge < -0.3 is 33.6 Å². The van der Waals surface area contributed by atoms with E-state index in [1.54, 1.807) is 14.2 Å². The topological polar surface area (TPSA) is 141 Å². The highest BCUT2D eigenvalue weighted by Crippen LogP contribution is 2.46. The van der Waals surface area contributed by atoms with E-state index >= 15 is 0 Å². The predicted octanol–water partition coefficient (Wildman–Crippen LogP) is 4.67. The fourth-order valence-corrected chi connectivity index (χ4v) is 7.50. The lowest BCUT2D eigenvalue weighted by molar-refractivity contribution is -0.181. The van der Waals surface area contributed by atoms with Gasteiger partial charge in [-0.05, 0) is 66.0 Å². The molecule has 0 saturated carbocycles. The minimum Gasteiger partial charge on any atom is -0.497 e. The van der Waals surface area contributed by atoms with E-state index in [9.17, 15) is 19.8 Å². The second kappa shape index (κ2) is 14.3. The van der Waals surface area contributed by atoms with Crippen molar-refractivity contribution >= 4 is 8.32 Å². The maximum Gasteiger partial charge on any atom is 0.330 e. The maximum atomic E-state index is 13.2. The number of H-pyrrole nitrogens is 1. The lowest BCUT2D eigenvalue weighted by Crippen LogP contribution is -2.56. The summed E-state index contributed by atoms with van der Waals surface area (Å²) in [5, 5.41) is 22.8. The van der Waals surface area contributed by atoms with Crippen LogP contribution in [-0.2, 0) is 25.2 Å². The molecule has 1 aromatic heterocycles. The molecule has 1 saturated heterocycles. The first-order valence-corrected chi connectivity index (χ1v) is 19.5. The second-order valence-electron chi connectivity index (χ2n) is 14.2. The molecule has 3 N–H and O–H groups in total. The fraction of sp³-hybridized carbons (Fsp3) is 0.421. The van der Waals surface area contributed by atoms with Gasteiger partial charge in [-0.25, -0.2) is 4.79 Å². The van der Waals surface area contributed by atoms with E-state index in [2.05, 4.69) is 38.8 Å². The molecule has 268 valence electrons. The maximum absolute atomic E-state index is 13.2. The monoisotopic (exact) mass is 704 g/mol. The Bertz CT molecular complexity index is 1820. The van der Waals surface area contributed by atoms with E-state index in [4.69, 9.17) is 23.4 Å². The minimum atomic E-state index is -2.60. The van der Waals surface area contributed by atoms with Gasteiger partial charge in [0.05, 0.1) is 27.4 Å². The average molecular weight is 705 g/mol. The zero-order valence-corrected chi connectivity index (χ0v) is 30.9. The lowest BCUT2D eigenvalue weighted by Gasteiger charge is -2.41. The third kappa shape index (κ3) is 6.71. The van der Waals surface area contributed by atoms with Crippen molar-refractivity contribution in [2.24, 2.45) is 0 Å². The van der Waals surface area contributed by atoms with Crippen LogP contribution in [0.2, 0.25) is 18.1 Å². The summed E-state index contributed by atoms with van der Waals surface area (Å²) in [6.45, 7) is 11.0. The van der Waals surface area contributed by atoms with Crippen LogP contribution in [0.15, 0.2) is 94.6 Å². The summed E-state index contributed by atoms with van der Waals surface area (Å²) in [7, 11) is 0.608. The van der Waals surface area contributed by atoms with Crippen LogP contribution >= 0.6 is 0 Å². The number of benzene rings is 3. The molecule has 0 bridgehead atoms. The number of aliphatic hydroxyl groups is 2. The van der Waals surface area contributed by atoms with Gasteiger partial charge in [0.15, 0.2) is 8.32 Å². The quantitative estimate of drug-likeness (QED) is 0.142. The number of aliphatic hydroxyl groups excluding tert-OH is 2. The molecule has 0 aliphatic carbocycles. The molecule has 11 nitrogen and oxygen atoms in total. The first-order chi connectivity index (χ1) is 23.6. The van der Waals surface area contributed by atoms with Crippen LogP contribution in [-0.4, -0.2) is 73.8 Å². The van der Waals surface area contributed by atoms with Gasteiger partial charge >= 0.3 is 5.69 Å². The third-order valence-electron chi connectivity index (χ3n) is 10.1. The first-order valence-electron chi connectivity index (χ1n) is 16.6. The van der Waals surface area contributed by atoms with Crippen LogP contribution in [0.1, 0.15) is 43.0 Å². The van der Waals surface area contributed by atoms with Gasteiger partial charge in [0.25, 0.3) is 5.56 Å². The van der Waals surface area contributed by atoms with Crippen molar-refractivity contribution in [3.05, 3.63) is 128 Å². The fourth-order valence-electron chi connectivity index (χ4n) is 6.18. The van der Waals surface area contributed by atoms with E-state index in [-0.39, 0.29) is 17.2 Å². The predicted molar refractivity (Wildman–Crippen MR) is 192 cm³/mol. The van der Waals surface area contributed by atoms with Gasteiger partial charge in [-0.1, -0.05) is 75.4 Å². The van der Waals surface area contributed by atoms with Crippen molar-refractivity contribution in [3.8, 4) is 11.5 Å². The molecule has 1 aliphatic rings. The van der Waals surface area contributed by atoms with Gasteiger partial charge in [-0.15, -0.1) is 0 Å². The van der Waals surface area contributed by atoms with E-state index in [1.807, 2.05) is 78.9 Å². The Morgan fingerprint density at radius 1 is 0.880 bits per heavy atom. The van der Waals surface area contributed by atoms with Gasteiger partial charge in [0, 0.05) is 11.8 Å². The Hall–Kier alpha value is -4.04. The summed E-state index contributed by atoms with van der Waals surface area (Å²) < 4.78 is 32.6. The van der Waals surface area contributed by atoms with Gasteiger partial charge in [-0.3, -0.25) is 14.3 Å². The smallest absolute Gasteiger partial charge is 0.330 e. The number of hydrogen-bond donors (Lipinski definition) is 3. The minimum absolute atomic E-state index is 0.137. The molecule has 0 amide bonds. The van der Waals surface area contributed by atoms with Crippen LogP contribution in [0.3, 0.4) is 0 Å². The number of nitrogens with zero attached hydrogens (tertiary/aromatic N) is 1. The Balaban J connectivity index is 1.68. The number of aromatic amines is 1. The summed E-state index contributed by atoms with van der Waals surface area (Å²) in [6.07, 6.45) is -2.24. The second-order valence-corrected chi connectivity index (χ2v) is 19.0. The number of hydrogen-bond acceptors (Lipinski definition) is 9. The molecule has 3 aromatic carbocycles. The lowest BCUT2D eigenvalue weighted by atomic mass is 9.80. The number of rotatable bonds is 12. The Labute approximate surface area is 293 Å². The van der Waals surface area contributed by atoms with Crippen LogP contribution < -0.4 is 20.7 Å². The van der Waals surface area contributed by atoms with Crippen LogP contribution in [0, 0.1) is 6.92 Å². The molecule has 0 spiro atoms. The van der Waals surface area contributed by atoms with Crippen molar-refractivity contribution in [2.45, 2.75) is 75.5 Å². The molecule has 2 unspecified atom stereocenters. The number of methoxy groups -OCH3 is 2. The SMILES string of the molecule is COc1ccc(C(OC[C@H]2O[C@@](CO)(n3cc(C)c(=O)[nH]c3=O)C(O)C2O[Si](C)(C)C(C)(C)C)(c2ccccc2)c2ccc(OC)cc2)cc1. The molecule has 1 fully saturated rings. The summed E-state index contributed by atoms with van der Waals surface area (Å²) in [4.78, 5) is 27.8. The molecule has 50 heavy (non-hydrogen) atoms. The molecule has 1 aliphatic heterocycles. The average Bonchev–Trinajstić information content (AvgIpc) is 3.37. The number of aromatic nitrogens is 2. The zero-order chi connectivity index (χ0) is 36.5. The largest absolute Gasteiger partial charge is 0.497 e. The molecule has 0 radical (unpaired) electrons. The number of nitrogens with one attached hydrogen (secondary N) is 1. The van der Waals surface area contributed by atoms with Crippen molar-refractivity contribution in [1.29, 1.82) is 0 Å². The molecule has 4 atom stereocenters. The summed E-state index contributed by atoms with van der Waals surface area (Å²) in [6, 6.07) is 24.9. The van der Waals surface area contributed by atoms with Gasteiger partial charge in [0.2, 0.25) is 5.72 Å². The van der Waals surface area contributed by atoms with Crippen molar-refractivity contribution in [2.75, 3.05) is 27.4 Å². The normalized spacial score (nSPS) is 21.3. The third-order valence-corrected chi connectivity index (χ3v) is 14.6. The highest BCUT2D eigenvalue weighted by atomic mass is 28.4. The molecule has 12 heteroatoms. The van der Waals surface area contributed by atoms with Gasteiger partial charge in [0.1, 0.15) is 35.4 Å². The molecular weight excluding hydrogens is 657 g/mol. The van der Waals surface area contributed by atoms with Gasteiger partial charge in [-0.2, -0.15) is 0 Å². The molecule has 5 rings (SSSR count). The zero-order valence-electron chi connectivity index (χ0n) is 29.9. The first kappa shape index (κ1) is 37.2. The highest BCUT2D eigenvalue weighted by molar-refractivity contribution is 6.74. The van der Waals surface area contributed by atoms with E-state index in [0.717, 1.165) is 21.3 Å².